The van der Waals surface area contributed by atoms with Crippen molar-refractivity contribution in [3.63, 3.8) is 0 Å². The molecule has 2 aromatic rings. The minimum Gasteiger partial charge on any atom is -0.464 e. The number of benzene rings is 2. The monoisotopic (exact) mass is 315 g/mol. The van der Waals surface area contributed by atoms with E-state index in [0.29, 0.717) is 0 Å². The van der Waals surface area contributed by atoms with Crippen LogP contribution in [0.4, 0.5) is 0 Å². The normalized spacial score (nSPS) is 17.0. The standard InChI is InChI=1S/C18H19NO4/c1-2-23-18(22)16(20)15(13-9-5-3-6-10-13)19-17(21)14-11-7-4-8-12-14/h3-12,15-16,20H,2H2,1H3,(H,19,21)/t15-,16+/m0/s1/i15D,16D. The molecule has 2 rings (SSSR count). The molecule has 0 saturated heterocycles. The van der Waals surface area contributed by atoms with Crippen molar-refractivity contribution in [2.24, 2.45) is 0 Å². The summed E-state index contributed by atoms with van der Waals surface area (Å²) in [7, 11) is 0. The van der Waals surface area contributed by atoms with Crippen LogP contribution in [-0.2, 0) is 9.53 Å². The highest BCUT2D eigenvalue weighted by Gasteiger charge is 2.30. The first kappa shape index (κ1) is 14.0. The SMILES string of the molecule is [2H][C@](O)(C(=O)OCC)[C@@]([2H])(NC(=O)c1ccccc1)c1ccccc1. The summed E-state index contributed by atoms with van der Waals surface area (Å²) in [6, 6.07) is 13.3. The van der Waals surface area contributed by atoms with E-state index < -0.39 is 24.0 Å². The fourth-order valence-electron chi connectivity index (χ4n) is 1.95. The van der Waals surface area contributed by atoms with Gasteiger partial charge in [-0.3, -0.25) is 4.79 Å². The lowest BCUT2D eigenvalue weighted by atomic mass is 10.0. The van der Waals surface area contributed by atoms with Gasteiger partial charge < -0.3 is 15.2 Å². The number of nitrogens with one attached hydrogen (secondary N) is 1. The van der Waals surface area contributed by atoms with E-state index in [9.17, 15) is 14.7 Å². The van der Waals surface area contributed by atoms with Gasteiger partial charge in [0.15, 0.2) is 6.08 Å². The molecule has 0 saturated carbocycles. The number of carbonyl (C=O) groups excluding carboxylic acids is 2. The van der Waals surface area contributed by atoms with Gasteiger partial charge in [0, 0.05) is 5.56 Å². The highest BCUT2D eigenvalue weighted by atomic mass is 16.5. The van der Waals surface area contributed by atoms with Crippen LogP contribution in [0.25, 0.3) is 0 Å². The molecule has 120 valence electrons. The number of hydrogen-bond donors (Lipinski definition) is 2. The summed E-state index contributed by atoms with van der Waals surface area (Å²) < 4.78 is 21.4. The number of esters is 1. The van der Waals surface area contributed by atoms with Gasteiger partial charge in [-0.05, 0) is 24.6 Å². The second-order valence-electron chi connectivity index (χ2n) is 4.63. The molecule has 2 N–H and O–H groups in total. The summed E-state index contributed by atoms with van der Waals surface area (Å²) in [5, 5.41) is 12.8. The zero-order valence-electron chi connectivity index (χ0n) is 14.7. The molecule has 1 amide bonds. The van der Waals surface area contributed by atoms with Crippen molar-refractivity contribution in [1.82, 2.24) is 5.32 Å². The molecule has 0 heterocycles. The smallest absolute Gasteiger partial charge is 0.337 e. The highest BCUT2D eigenvalue weighted by molar-refractivity contribution is 5.94. The molecular weight excluding hydrogens is 294 g/mol. The van der Waals surface area contributed by atoms with E-state index in [1.807, 2.05) is 0 Å². The number of rotatable bonds is 6. The third-order valence-electron chi connectivity index (χ3n) is 3.04. The van der Waals surface area contributed by atoms with E-state index >= 15 is 0 Å². The van der Waals surface area contributed by atoms with Gasteiger partial charge in [-0.1, -0.05) is 48.5 Å². The lowest BCUT2D eigenvalue weighted by Crippen LogP contribution is -2.41. The van der Waals surface area contributed by atoms with Gasteiger partial charge in [0.25, 0.3) is 5.91 Å². The lowest BCUT2D eigenvalue weighted by Gasteiger charge is -2.23. The van der Waals surface area contributed by atoms with Crippen molar-refractivity contribution < 1.29 is 22.2 Å². The Labute approximate surface area is 137 Å². The Kier molecular flexibility index (Phi) is 4.92. The number of aliphatic hydroxyl groups is 1. The van der Waals surface area contributed by atoms with E-state index in [2.05, 4.69) is 5.32 Å². The summed E-state index contributed by atoms with van der Waals surface area (Å²) in [5.41, 5.74) is 0.305. The lowest BCUT2D eigenvalue weighted by molar-refractivity contribution is -0.154. The summed E-state index contributed by atoms with van der Waals surface area (Å²) in [6.07, 6.45) is -3.05. The number of amides is 1. The van der Waals surface area contributed by atoms with Crippen molar-refractivity contribution in [1.29, 1.82) is 0 Å². The molecule has 0 aliphatic rings. The van der Waals surface area contributed by atoms with Crippen LogP contribution in [0.1, 0.15) is 31.6 Å². The van der Waals surface area contributed by atoms with Crippen molar-refractivity contribution in [2.75, 3.05) is 6.61 Å². The van der Waals surface area contributed by atoms with E-state index in [1.165, 1.54) is 31.2 Å². The van der Waals surface area contributed by atoms with Gasteiger partial charge in [-0.2, -0.15) is 0 Å². The van der Waals surface area contributed by atoms with Crippen LogP contribution in [0, 0.1) is 0 Å². The second-order valence-corrected chi connectivity index (χ2v) is 4.63. The van der Waals surface area contributed by atoms with E-state index in [-0.39, 0.29) is 17.7 Å². The quantitative estimate of drug-likeness (QED) is 0.800. The Balaban J connectivity index is 2.46. The number of carbonyl (C=O) groups is 2. The first-order valence-corrected chi connectivity index (χ1v) is 7.15. The summed E-state index contributed by atoms with van der Waals surface area (Å²) in [5.74, 6) is -2.02. The first-order valence-electron chi connectivity index (χ1n) is 8.15. The Morgan fingerprint density at radius 3 is 2.26 bits per heavy atom. The van der Waals surface area contributed by atoms with Crippen molar-refractivity contribution in [2.45, 2.75) is 19.0 Å². The van der Waals surface area contributed by atoms with Crippen LogP contribution < -0.4 is 5.32 Å². The van der Waals surface area contributed by atoms with Crippen LogP contribution in [0.5, 0.6) is 0 Å². The van der Waals surface area contributed by atoms with Crippen molar-refractivity contribution in [3.05, 3.63) is 71.8 Å². The third-order valence-corrected chi connectivity index (χ3v) is 3.04. The molecule has 23 heavy (non-hydrogen) atoms. The zero-order chi connectivity index (χ0) is 18.5. The number of ether oxygens (including phenoxy) is 1. The Morgan fingerprint density at radius 2 is 1.70 bits per heavy atom. The second kappa shape index (κ2) is 8.10. The van der Waals surface area contributed by atoms with Gasteiger partial charge in [-0.15, -0.1) is 0 Å². The molecule has 0 aliphatic carbocycles. The molecule has 0 aliphatic heterocycles. The van der Waals surface area contributed by atoms with Gasteiger partial charge in [0.1, 0.15) is 0 Å². The zero-order valence-corrected chi connectivity index (χ0v) is 12.7. The first-order chi connectivity index (χ1) is 11.8. The maximum atomic E-state index is 12.5. The van der Waals surface area contributed by atoms with E-state index in [4.69, 9.17) is 7.48 Å². The van der Waals surface area contributed by atoms with Crippen molar-refractivity contribution in [3.8, 4) is 0 Å². The van der Waals surface area contributed by atoms with Crippen LogP contribution in [0.15, 0.2) is 60.7 Å². The average molecular weight is 315 g/mol. The molecular formula is C18H19NO4. The minimum absolute atomic E-state index is 0.0719. The fraction of sp³-hybridized carbons (Fsp3) is 0.222. The molecule has 0 unspecified atom stereocenters. The maximum Gasteiger partial charge on any atom is 0.337 e. The molecule has 2 atom stereocenters. The van der Waals surface area contributed by atoms with Gasteiger partial charge >= 0.3 is 5.97 Å². The highest BCUT2D eigenvalue weighted by Crippen LogP contribution is 2.19. The molecule has 5 heteroatoms. The Hall–Kier alpha value is -2.66. The largest absolute Gasteiger partial charge is 0.464 e. The predicted octanol–water partition coefficient (Wildman–Crippen LogP) is 2.08. The maximum absolute atomic E-state index is 12.5. The van der Waals surface area contributed by atoms with Gasteiger partial charge in [0.2, 0.25) is 0 Å². The van der Waals surface area contributed by atoms with Crippen LogP contribution >= 0.6 is 0 Å². The molecule has 2 aromatic carbocycles. The molecule has 0 spiro atoms. The average Bonchev–Trinajstić information content (AvgIpc) is 2.63. The molecule has 0 bridgehead atoms. The van der Waals surface area contributed by atoms with E-state index in [0.717, 1.165) is 0 Å². The Bertz CT molecular complexity index is 737. The minimum atomic E-state index is -3.05. The topological polar surface area (TPSA) is 75.6 Å². The summed E-state index contributed by atoms with van der Waals surface area (Å²) >= 11 is 0. The summed E-state index contributed by atoms with van der Waals surface area (Å²) in [4.78, 5) is 24.6. The number of hydrogen-bond acceptors (Lipinski definition) is 4. The van der Waals surface area contributed by atoms with Crippen LogP contribution in [0.3, 0.4) is 0 Å². The third kappa shape index (κ3) is 4.40. The predicted molar refractivity (Wildman–Crippen MR) is 85.7 cm³/mol. The summed E-state index contributed by atoms with van der Waals surface area (Å²) in [6.45, 7) is 1.45. The molecule has 0 aromatic heterocycles. The Morgan fingerprint density at radius 1 is 1.13 bits per heavy atom. The van der Waals surface area contributed by atoms with Gasteiger partial charge in [-0.25, -0.2) is 4.79 Å². The van der Waals surface area contributed by atoms with Gasteiger partial charge in [0.05, 0.1) is 15.4 Å². The van der Waals surface area contributed by atoms with Crippen LogP contribution in [0.2, 0.25) is 0 Å². The van der Waals surface area contributed by atoms with Crippen LogP contribution in [-0.4, -0.2) is 29.7 Å². The van der Waals surface area contributed by atoms with E-state index in [1.54, 1.807) is 36.4 Å². The van der Waals surface area contributed by atoms with Crippen molar-refractivity contribution >= 4 is 11.9 Å². The molecule has 0 fully saturated rings. The molecule has 5 nitrogen and oxygen atoms in total. The molecule has 0 radical (unpaired) electrons. The fourth-order valence-corrected chi connectivity index (χ4v) is 1.95.